The molecule has 2 atom stereocenters. The molecule has 1 saturated heterocycles. The van der Waals surface area contributed by atoms with Crippen LogP contribution in [0.25, 0.3) is 0 Å². The zero-order valence-electron chi connectivity index (χ0n) is 10.9. The number of urea groups is 1. The summed E-state index contributed by atoms with van der Waals surface area (Å²) in [7, 11) is -2.92. The van der Waals surface area contributed by atoms with Gasteiger partial charge in [-0.1, -0.05) is 0 Å². The quantitative estimate of drug-likeness (QED) is 0.636. The molecule has 1 aliphatic rings. The van der Waals surface area contributed by atoms with E-state index in [0.29, 0.717) is 19.4 Å². The zero-order valence-corrected chi connectivity index (χ0v) is 11.7. The fraction of sp³-hybridized carbons (Fsp3) is 0.818. The maximum absolute atomic E-state index is 11.5. The van der Waals surface area contributed by atoms with Gasteiger partial charge in [0.15, 0.2) is 9.84 Å². The van der Waals surface area contributed by atoms with Gasteiger partial charge in [0.05, 0.1) is 11.5 Å². The molecule has 110 valence electrons. The van der Waals surface area contributed by atoms with Gasteiger partial charge in [-0.15, -0.1) is 0 Å². The highest BCUT2D eigenvalue weighted by atomic mass is 32.2. The van der Waals surface area contributed by atoms with Gasteiger partial charge >= 0.3 is 12.0 Å². The highest BCUT2D eigenvalue weighted by Gasteiger charge is 2.27. The average Bonchev–Trinajstić information content (AvgIpc) is 2.64. The highest BCUT2D eigenvalue weighted by Crippen LogP contribution is 2.17. The van der Waals surface area contributed by atoms with E-state index >= 15 is 0 Å². The summed E-state index contributed by atoms with van der Waals surface area (Å²) in [5, 5.41) is 13.7. The second-order valence-electron chi connectivity index (χ2n) is 4.96. The van der Waals surface area contributed by atoms with E-state index in [9.17, 15) is 18.0 Å². The lowest BCUT2D eigenvalue weighted by molar-refractivity contribution is -0.137. The van der Waals surface area contributed by atoms with Gasteiger partial charge in [-0.2, -0.15) is 0 Å². The molecule has 1 fully saturated rings. The second kappa shape index (κ2) is 6.74. The summed E-state index contributed by atoms with van der Waals surface area (Å²) in [5.74, 6) is -0.604. The molecule has 0 saturated carbocycles. The standard InChI is InChI=1S/C11H20N2O5S/c1-8(2-3-10(14)15)13-11(16)12-6-9-4-5-19(17,18)7-9/h8-9H,2-7H2,1H3,(H,14,15)(H2,12,13,16). The summed E-state index contributed by atoms with van der Waals surface area (Å²) in [5.41, 5.74) is 0. The number of hydrogen-bond donors (Lipinski definition) is 3. The van der Waals surface area contributed by atoms with E-state index in [2.05, 4.69) is 10.6 Å². The topological polar surface area (TPSA) is 113 Å². The van der Waals surface area contributed by atoms with Crippen LogP contribution in [0, 0.1) is 5.92 Å². The van der Waals surface area contributed by atoms with E-state index in [4.69, 9.17) is 5.11 Å². The Balaban J connectivity index is 2.19. The molecule has 7 nitrogen and oxygen atoms in total. The Labute approximate surface area is 112 Å². The van der Waals surface area contributed by atoms with Gasteiger partial charge < -0.3 is 15.7 Å². The van der Waals surface area contributed by atoms with Crippen LogP contribution >= 0.6 is 0 Å². The van der Waals surface area contributed by atoms with Crippen LogP contribution in [0.5, 0.6) is 0 Å². The summed E-state index contributed by atoms with van der Waals surface area (Å²) in [6.07, 6.45) is 0.945. The third-order valence-corrected chi connectivity index (χ3v) is 4.88. The van der Waals surface area contributed by atoms with Gasteiger partial charge in [-0.25, -0.2) is 13.2 Å². The Bertz CT molecular complexity index is 434. The summed E-state index contributed by atoms with van der Waals surface area (Å²) < 4.78 is 22.5. The monoisotopic (exact) mass is 292 g/mol. The van der Waals surface area contributed by atoms with Crippen LogP contribution in [0.15, 0.2) is 0 Å². The first-order valence-electron chi connectivity index (χ1n) is 6.25. The normalized spacial score (nSPS) is 22.7. The smallest absolute Gasteiger partial charge is 0.315 e. The third kappa shape index (κ3) is 6.42. The summed E-state index contributed by atoms with van der Waals surface area (Å²) in [4.78, 5) is 21.9. The van der Waals surface area contributed by atoms with Crippen LogP contribution < -0.4 is 10.6 Å². The first kappa shape index (κ1) is 15.7. The second-order valence-corrected chi connectivity index (χ2v) is 7.19. The maximum Gasteiger partial charge on any atom is 0.315 e. The van der Waals surface area contributed by atoms with Crippen LogP contribution in [0.3, 0.4) is 0 Å². The fourth-order valence-corrected chi connectivity index (χ4v) is 3.82. The molecule has 0 spiro atoms. The van der Waals surface area contributed by atoms with Crippen molar-refractivity contribution in [2.24, 2.45) is 5.92 Å². The van der Waals surface area contributed by atoms with Gasteiger partial charge in [-0.3, -0.25) is 4.79 Å². The molecule has 2 unspecified atom stereocenters. The van der Waals surface area contributed by atoms with Gasteiger partial charge in [0.1, 0.15) is 0 Å². The van der Waals surface area contributed by atoms with E-state index in [-0.39, 0.29) is 35.9 Å². The molecule has 0 aromatic carbocycles. The van der Waals surface area contributed by atoms with Gasteiger partial charge in [0.25, 0.3) is 0 Å². The van der Waals surface area contributed by atoms with E-state index in [1.807, 2.05) is 0 Å². The van der Waals surface area contributed by atoms with E-state index in [1.165, 1.54) is 0 Å². The Kier molecular flexibility index (Phi) is 5.59. The number of sulfone groups is 1. The number of hydrogen-bond acceptors (Lipinski definition) is 4. The van der Waals surface area contributed by atoms with Crippen molar-refractivity contribution in [3.05, 3.63) is 0 Å². The Morgan fingerprint density at radius 1 is 1.42 bits per heavy atom. The number of carboxylic acid groups (broad SMARTS) is 1. The molecule has 0 aromatic heterocycles. The SMILES string of the molecule is CC(CCC(=O)O)NC(=O)NCC1CCS(=O)(=O)C1. The predicted octanol–water partition coefficient (Wildman–Crippen LogP) is -0.0264. The van der Waals surface area contributed by atoms with Crippen LogP contribution in [0.2, 0.25) is 0 Å². The summed E-state index contributed by atoms with van der Waals surface area (Å²) >= 11 is 0. The number of rotatable bonds is 6. The lowest BCUT2D eigenvalue weighted by Crippen LogP contribution is -2.42. The number of carbonyl (C=O) groups excluding carboxylic acids is 1. The molecule has 1 heterocycles. The van der Waals surface area contributed by atoms with Gasteiger partial charge in [0, 0.05) is 19.0 Å². The first-order chi connectivity index (χ1) is 8.78. The number of carboxylic acids is 1. The van der Waals surface area contributed by atoms with E-state index < -0.39 is 15.8 Å². The maximum atomic E-state index is 11.5. The average molecular weight is 292 g/mol. The molecule has 0 aliphatic carbocycles. The molecule has 19 heavy (non-hydrogen) atoms. The van der Waals surface area contributed by atoms with Crippen molar-refractivity contribution in [1.82, 2.24) is 10.6 Å². The Hall–Kier alpha value is -1.31. The molecule has 1 aliphatic heterocycles. The lowest BCUT2D eigenvalue weighted by atomic mass is 10.1. The molecule has 8 heteroatoms. The van der Waals surface area contributed by atoms with Crippen LogP contribution in [-0.4, -0.2) is 49.6 Å². The lowest BCUT2D eigenvalue weighted by Gasteiger charge is -2.15. The molecule has 2 amide bonds. The van der Waals surface area contributed by atoms with Crippen LogP contribution in [-0.2, 0) is 14.6 Å². The van der Waals surface area contributed by atoms with E-state index in [0.717, 1.165) is 0 Å². The minimum absolute atomic E-state index is 0.00230. The number of carbonyl (C=O) groups is 2. The molecule has 1 rings (SSSR count). The molecule has 0 bridgehead atoms. The van der Waals surface area contributed by atoms with Crippen molar-refractivity contribution in [1.29, 1.82) is 0 Å². The van der Waals surface area contributed by atoms with Crippen molar-refractivity contribution >= 4 is 21.8 Å². The number of nitrogens with one attached hydrogen (secondary N) is 2. The molecule has 0 aromatic rings. The van der Waals surface area contributed by atoms with Gasteiger partial charge in [-0.05, 0) is 25.7 Å². The molecular formula is C11H20N2O5S. The van der Waals surface area contributed by atoms with Crippen molar-refractivity contribution in [2.45, 2.75) is 32.2 Å². The summed E-state index contributed by atoms with van der Waals surface area (Å²) in [6, 6.07) is -0.620. The summed E-state index contributed by atoms with van der Waals surface area (Å²) in [6.45, 7) is 2.05. The minimum Gasteiger partial charge on any atom is -0.481 e. The first-order valence-corrected chi connectivity index (χ1v) is 8.07. The number of amides is 2. The minimum atomic E-state index is -2.92. The van der Waals surface area contributed by atoms with Crippen molar-refractivity contribution in [3.8, 4) is 0 Å². The number of aliphatic carboxylic acids is 1. The third-order valence-electron chi connectivity index (χ3n) is 3.05. The molecule has 0 radical (unpaired) electrons. The Morgan fingerprint density at radius 3 is 2.63 bits per heavy atom. The zero-order chi connectivity index (χ0) is 14.5. The van der Waals surface area contributed by atoms with Crippen LogP contribution in [0.1, 0.15) is 26.2 Å². The van der Waals surface area contributed by atoms with Crippen molar-refractivity contribution in [2.75, 3.05) is 18.1 Å². The van der Waals surface area contributed by atoms with Crippen molar-refractivity contribution < 1.29 is 23.1 Å². The largest absolute Gasteiger partial charge is 0.481 e. The highest BCUT2D eigenvalue weighted by molar-refractivity contribution is 7.91. The van der Waals surface area contributed by atoms with E-state index in [1.54, 1.807) is 6.92 Å². The van der Waals surface area contributed by atoms with Gasteiger partial charge in [0.2, 0.25) is 0 Å². The molecule has 3 N–H and O–H groups in total. The van der Waals surface area contributed by atoms with Crippen molar-refractivity contribution in [3.63, 3.8) is 0 Å². The fourth-order valence-electron chi connectivity index (χ4n) is 1.96. The Morgan fingerprint density at radius 2 is 2.11 bits per heavy atom. The predicted molar refractivity (Wildman–Crippen MR) is 69.6 cm³/mol. The molecular weight excluding hydrogens is 272 g/mol. The van der Waals surface area contributed by atoms with Crippen LogP contribution in [0.4, 0.5) is 4.79 Å².